The van der Waals surface area contributed by atoms with Crippen LogP contribution in [-0.2, 0) is 15.8 Å². The molecule has 0 N–H and O–H groups in total. The number of aromatic nitrogens is 2. The van der Waals surface area contributed by atoms with Gasteiger partial charge in [-0.25, -0.2) is 13.1 Å². The lowest BCUT2D eigenvalue weighted by molar-refractivity contribution is 0.0124. The van der Waals surface area contributed by atoms with Crippen molar-refractivity contribution in [2.45, 2.75) is 17.7 Å². The minimum absolute atomic E-state index is 0.188. The summed E-state index contributed by atoms with van der Waals surface area (Å²) in [6.45, 7) is 0.748. The Labute approximate surface area is 207 Å². The zero-order valence-electron chi connectivity index (χ0n) is 17.6. The van der Waals surface area contributed by atoms with Crippen LogP contribution < -0.4 is 0 Å². The number of hydrogen-bond donors (Lipinski definition) is 0. The van der Waals surface area contributed by atoms with E-state index in [1.165, 1.54) is 40.3 Å². The predicted octanol–water partition coefficient (Wildman–Crippen LogP) is 7.49. The van der Waals surface area contributed by atoms with E-state index >= 15 is 0 Å². The van der Waals surface area contributed by atoms with E-state index in [0.717, 1.165) is 13.2 Å². The van der Waals surface area contributed by atoms with Gasteiger partial charge in [-0.1, -0.05) is 29.3 Å². The second kappa shape index (κ2) is 8.84. The van der Waals surface area contributed by atoms with Gasteiger partial charge in [0.1, 0.15) is 11.4 Å². The van der Waals surface area contributed by atoms with E-state index < -0.39 is 21.5 Å². The van der Waals surface area contributed by atoms with Gasteiger partial charge in [-0.15, -0.1) is 16.2 Å². The molecule has 0 aliphatic carbocycles. The lowest BCUT2D eigenvalue weighted by atomic mass is 10.1. The summed E-state index contributed by atoms with van der Waals surface area (Å²) in [5.74, 6) is -3.20. The van der Waals surface area contributed by atoms with Crippen molar-refractivity contribution >= 4 is 50.1 Å². The minimum Gasteiger partial charge on any atom is -0.230 e. The van der Waals surface area contributed by atoms with Gasteiger partial charge in [0.05, 0.1) is 26.2 Å². The number of hydrogen-bond acceptors (Lipinski definition) is 6. The van der Waals surface area contributed by atoms with Crippen LogP contribution in [0.4, 0.5) is 14.5 Å². The van der Waals surface area contributed by atoms with Gasteiger partial charge in [0.2, 0.25) is 0 Å². The highest BCUT2D eigenvalue weighted by molar-refractivity contribution is 7.90. The van der Waals surface area contributed by atoms with Crippen LogP contribution in [0, 0.1) is 4.91 Å². The van der Waals surface area contributed by atoms with Crippen molar-refractivity contribution in [3.63, 3.8) is 0 Å². The largest absolute Gasteiger partial charge is 0.288 e. The van der Waals surface area contributed by atoms with E-state index in [4.69, 9.17) is 23.2 Å². The van der Waals surface area contributed by atoms with Crippen LogP contribution in [-0.4, -0.2) is 24.5 Å². The van der Waals surface area contributed by atoms with E-state index in [2.05, 4.69) is 10.3 Å². The molecule has 0 amide bonds. The Hall–Kier alpha value is -2.66. The molecule has 4 rings (SSSR count). The molecule has 176 valence electrons. The first-order valence-corrected chi connectivity index (χ1v) is 13.1. The first-order valence-electron chi connectivity index (χ1n) is 9.60. The average molecular weight is 542 g/mol. The Bertz CT molecular complexity index is 1530. The van der Waals surface area contributed by atoms with E-state index in [1.807, 2.05) is 0 Å². The second-order valence-electron chi connectivity index (χ2n) is 7.52. The van der Waals surface area contributed by atoms with Crippen molar-refractivity contribution in [1.82, 2.24) is 9.78 Å². The molecule has 2 heterocycles. The van der Waals surface area contributed by atoms with Crippen molar-refractivity contribution in [3.05, 3.63) is 75.2 Å². The highest BCUT2D eigenvalue weighted by atomic mass is 35.5. The summed E-state index contributed by atoms with van der Waals surface area (Å²) in [4.78, 5) is 12.0. The summed E-state index contributed by atoms with van der Waals surface area (Å²) >= 11 is 13.6. The van der Waals surface area contributed by atoms with Gasteiger partial charge in [-0.2, -0.15) is 13.9 Å². The van der Waals surface area contributed by atoms with Gasteiger partial charge < -0.3 is 0 Å². The molecule has 0 atom stereocenters. The van der Waals surface area contributed by atoms with Gasteiger partial charge in [-0.3, -0.25) is 0 Å². The molecule has 0 aliphatic heterocycles. The highest BCUT2D eigenvalue weighted by Crippen LogP contribution is 2.40. The smallest absolute Gasteiger partial charge is 0.230 e. The molecule has 34 heavy (non-hydrogen) atoms. The fourth-order valence-electron chi connectivity index (χ4n) is 3.27. The molecule has 12 heteroatoms. The maximum absolute atomic E-state index is 14.1. The molecule has 2 aromatic heterocycles. The summed E-state index contributed by atoms with van der Waals surface area (Å²) < 4.78 is 53.7. The lowest BCUT2D eigenvalue weighted by Gasteiger charge is -2.09. The summed E-state index contributed by atoms with van der Waals surface area (Å²) in [5.41, 5.74) is 0.569. The van der Waals surface area contributed by atoms with E-state index in [9.17, 15) is 22.1 Å². The average Bonchev–Trinajstić information content (AvgIpc) is 3.41. The van der Waals surface area contributed by atoms with Crippen LogP contribution in [0.1, 0.15) is 12.6 Å². The zero-order valence-corrected chi connectivity index (χ0v) is 20.7. The monoisotopic (exact) mass is 541 g/mol. The molecule has 0 saturated carbocycles. The third-order valence-electron chi connectivity index (χ3n) is 4.90. The summed E-state index contributed by atoms with van der Waals surface area (Å²) in [6, 6.07) is 13.6. The standard InChI is InChI=1S/C22H15Cl2F2N3O3S2/c1-22(25,26)21-11-17(29(27-21)16-10-13(23)4-5-14(16)24)19-8-7-18(33-19)12-3-6-15(28-30)20(9-12)34(2,31)32/h3-11H,1-2H3. The third-order valence-corrected chi connectivity index (χ3v) is 7.73. The van der Waals surface area contributed by atoms with Gasteiger partial charge >= 0.3 is 0 Å². The van der Waals surface area contributed by atoms with Crippen LogP contribution in [0.2, 0.25) is 10.0 Å². The van der Waals surface area contributed by atoms with Gasteiger partial charge in [0.15, 0.2) is 9.84 Å². The van der Waals surface area contributed by atoms with Crippen molar-refractivity contribution in [1.29, 1.82) is 0 Å². The maximum atomic E-state index is 14.1. The maximum Gasteiger partial charge on any atom is 0.288 e. The van der Waals surface area contributed by atoms with Gasteiger partial charge in [0, 0.05) is 23.1 Å². The molecule has 0 spiro atoms. The van der Waals surface area contributed by atoms with E-state index in [-0.39, 0.29) is 15.6 Å². The molecule has 0 radical (unpaired) electrons. The summed E-state index contributed by atoms with van der Waals surface area (Å²) in [7, 11) is -3.70. The fourth-order valence-corrected chi connectivity index (χ4v) is 5.47. The predicted molar refractivity (Wildman–Crippen MR) is 130 cm³/mol. The fraction of sp³-hybridized carbons (Fsp3) is 0.136. The second-order valence-corrected chi connectivity index (χ2v) is 11.4. The number of nitrogens with zero attached hydrogens (tertiary/aromatic N) is 3. The molecule has 0 fully saturated rings. The Balaban J connectivity index is 1.87. The van der Waals surface area contributed by atoms with E-state index in [0.29, 0.717) is 31.7 Å². The van der Waals surface area contributed by atoms with Crippen molar-refractivity contribution < 1.29 is 17.2 Å². The molecule has 6 nitrogen and oxygen atoms in total. The highest BCUT2D eigenvalue weighted by Gasteiger charge is 2.30. The zero-order chi connectivity index (χ0) is 24.8. The minimum atomic E-state index is -3.70. The Morgan fingerprint density at radius 1 is 1.03 bits per heavy atom. The summed E-state index contributed by atoms with van der Waals surface area (Å²) in [6.07, 6.45) is 0.986. The van der Waals surface area contributed by atoms with Crippen LogP contribution in [0.5, 0.6) is 0 Å². The van der Waals surface area contributed by atoms with Gasteiger partial charge in [-0.05, 0) is 59.3 Å². The molecular formula is C22H15Cl2F2N3O3S2. The normalized spacial score (nSPS) is 12.2. The Kier molecular flexibility index (Phi) is 6.36. The lowest BCUT2D eigenvalue weighted by Crippen LogP contribution is -2.09. The van der Waals surface area contributed by atoms with Crippen LogP contribution in [0.3, 0.4) is 0 Å². The SMILES string of the molecule is CC(F)(F)c1cc(-c2ccc(-c3ccc(N=O)c(S(C)(=O)=O)c3)s2)n(-c2cc(Cl)ccc2Cl)n1. The van der Waals surface area contributed by atoms with Crippen LogP contribution in [0.25, 0.3) is 26.7 Å². The van der Waals surface area contributed by atoms with Gasteiger partial charge in [0.25, 0.3) is 5.92 Å². The quantitative estimate of drug-likeness (QED) is 0.237. The van der Waals surface area contributed by atoms with Crippen molar-refractivity contribution in [3.8, 4) is 26.7 Å². The molecule has 2 aromatic carbocycles. The molecule has 0 unspecified atom stereocenters. The molecule has 0 saturated heterocycles. The summed E-state index contributed by atoms with van der Waals surface area (Å²) in [5, 5.41) is 7.49. The Morgan fingerprint density at radius 3 is 2.38 bits per heavy atom. The Morgan fingerprint density at radius 2 is 1.74 bits per heavy atom. The molecule has 4 aromatic rings. The number of rotatable bonds is 6. The van der Waals surface area contributed by atoms with E-state index in [1.54, 1.807) is 30.3 Å². The first-order chi connectivity index (χ1) is 15.9. The van der Waals surface area contributed by atoms with Crippen molar-refractivity contribution in [2.24, 2.45) is 5.18 Å². The van der Waals surface area contributed by atoms with Crippen LogP contribution in [0.15, 0.2) is 64.7 Å². The molecule has 0 aliphatic rings. The first kappa shape index (κ1) is 24.5. The number of benzene rings is 2. The number of alkyl halides is 2. The van der Waals surface area contributed by atoms with Crippen LogP contribution >= 0.6 is 34.5 Å². The van der Waals surface area contributed by atoms with Crippen molar-refractivity contribution in [2.75, 3.05) is 6.26 Å². The molecule has 0 bridgehead atoms. The third kappa shape index (κ3) is 4.76. The number of nitroso groups, excluding NO2 is 1. The number of thiophene rings is 1. The number of halogens is 4. The molecular weight excluding hydrogens is 527 g/mol. The topological polar surface area (TPSA) is 81.4 Å². The number of sulfone groups is 1.